The number of hydrogen-bond donors (Lipinski definition) is 2. The first kappa shape index (κ1) is 24.6. The van der Waals surface area contributed by atoms with Crippen LogP contribution in [-0.4, -0.2) is 48.4 Å². The molecule has 0 saturated heterocycles. The Morgan fingerprint density at radius 1 is 1.37 bits per heavy atom. The number of aliphatic hydroxyl groups is 2. The third-order valence-electron chi connectivity index (χ3n) is 5.32. The molecular formula is C20H33IO5Si. The van der Waals surface area contributed by atoms with Gasteiger partial charge in [-0.05, 0) is 35.2 Å². The van der Waals surface area contributed by atoms with Crippen molar-refractivity contribution in [2.45, 2.75) is 82.6 Å². The summed E-state index contributed by atoms with van der Waals surface area (Å²) in [6, 6.07) is 2.86. The minimum absolute atomic E-state index is 0.173. The van der Waals surface area contributed by atoms with Gasteiger partial charge < -0.3 is 19.4 Å². The molecule has 7 heteroatoms. The Kier molecular flexibility index (Phi) is 10.5. The molecule has 0 aromatic heterocycles. The molecule has 1 rings (SSSR count). The Morgan fingerprint density at radius 3 is 2.52 bits per heavy atom. The Labute approximate surface area is 177 Å². The van der Waals surface area contributed by atoms with Crippen LogP contribution in [0.3, 0.4) is 0 Å². The van der Waals surface area contributed by atoms with Crippen molar-refractivity contribution in [1.29, 1.82) is 0 Å². The first-order chi connectivity index (χ1) is 12.7. The van der Waals surface area contributed by atoms with Crippen LogP contribution in [0.2, 0.25) is 18.1 Å². The molecule has 5 nitrogen and oxygen atoms in total. The SMILES string of the molecule is CC[Si](CC)(CC)O[C@](C)(/C=C/C1CC=CC(=O)O1)C(O)CC(O)/C=C/I. The van der Waals surface area contributed by atoms with Gasteiger partial charge in [-0.25, -0.2) is 4.79 Å². The van der Waals surface area contributed by atoms with Crippen molar-refractivity contribution in [1.82, 2.24) is 0 Å². The molecular weight excluding hydrogens is 475 g/mol. The van der Waals surface area contributed by atoms with E-state index < -0.39 is 26.1 Å². The topological polar surface area (TPSA) is 76.0 Å². The van der Waals surface area contributed by atoms with E-state index in [1.54, 1.807) is 22.3 Å². The van der Waals surface area contributed by atoms with Gasteiger partial charge in [0, 0.05) is 18.9 Å². The highest BCUT2D eigenvalue weighted by Gasteiger charge is 2.41. The van der Waals surface area contributed by atoms with Gasteiger partial charge in [-0.1, -0.05) is 61.6 Å². The fraction of sp³-hybridized carbons (Fsp3) is 0.650. The van der Waals surface area contributed by atoms with Crippen LogP contribution in [-0.2, 0) is 14.0 Å². The molecule has 0 radical (unpaired) electrons. The van der Waals surface area contributed by atoms with Gasteiger partial charge in [-0.3, -0.25) is 0 Å². The molecule has 1 aliphatic rings. The zero-order valence-corrected chi connectivity index (χ0v) is 19.9. The number of halogens is 1. The van der Waals surface area contributed by atoms with Crippen LogP contribution >= 0.6 is 22.6 Å². The van der Waals surface area contributed by atoms with Crippen LogP contribution in [0, 0.1) is 0 Å². The molecule has 4 atom stereocenters. The maximum atomic E-state index is 11.5. The summed E-state index contributed by atoms with van der Waals surface area (Å²) in [5.74, 6) is -0.360. The van der Waals surface area contributed by atoms with E-state index >= 15 is 0 Å². The van der Waals surface area contributed by atoms with E-state index in [1.807, 2.05) is 35.6 Å². The van der Waals surface area contributed by atoms with E-state index in [-0.39, 0.29) is 18.5 Å². The second-order valence-corrected chi connectivity index (χ2v) is 12.6. The minimum Gasteiger partial charge on any atom is -0.455 e. The number of carbonyl (C=O) groups excluding carboxylic acids is 1. The lowest BCUT2D eigenvalue weighted by Crippen LogP contribution is -2.51. The number of rotatable bonds is 11. The lowest BCUT2D eigenvalue weighted by atomic mass is 9.93. The van der Waals surface area contributed by atoms with Crippen molar-refractivity contribution in [3.8, 4) is 0 Å². The highest BCUT2D eigenvalue weighted by Crippen LogP contribution is 2.33. The first-order valence-corrected chi connectivity index (χ1v) is 13.4. The summed E-state index contributed by atoms with van der Waals surface area (Å²) in [6.45, 7) is 8.27. The second kappa shape index (κ2) is 11.5. The average molecular weight is 508 g/mol. The number of hydrogen-bond acceptors (Lipinski definition) is 5. The summed E-state index contributed by atoms with van der Waals surface area (Å²) in [6.07, 6.45) is 7.25. The van der Waals surface area contributed by atoms with Crippen molar-refractivity contribution in [2.75, 3.05) is 0 Å². The number of ether oxygens (including phenoxy) is 1. The minimum atomic E-state index is -2.02. The van der Waals surface area contributed by atoms with Crippen LogP contribution in [0.5, 0.6) is 0 Å². The highest BCUT2D eigenvalue weighted by molar-refractivity contribution is 14.1. The van der Waals surface area contributed by atoms with Crippen LogP contribution in [0.25, 0.3) is 0 Å². The molecule has 0 spiro atoms. The smallest absolute Gasteiger partial charge is 0.331 e. The van der Waals surface area contributed by atoms with Gasteiger partial charge in [0.1, 0.15) is 6.10 Å². The average Bonchev–Trinajstić information content (AvgIpc) is 2.65. The highest BCUT2D eigenvalue weighted by atomic mass is 127. The largest absolute Gasteiger partial charge is 0.455 e. The maximum absolute atomic E-state index is 11.5. The summed E-state index contributed by atoms with van der Waals surface area (Å²) in [5, 5.41) is 21.0. The van der Waals surface area contributed by atoms with Gasteiger partial charge in [0.2, 0.25) is 0 Å². The molecule has 1 heterocycles. The van der Waals surface area contributed by atoms with Gasteiger partial charge in [0.05, 0.1) is 17.8 Å². The fourth-order valence-corrected chi connectivity index (χ4v) is 6.77. The van der Waals surface area contributed by atoms with Gasteiger partial charge in [0.15, 0.2) is 8.32 Å². The van der Waals surface area contributed by atoms with E-state index in [9.17, 15) is 15.0 Å². The lowest BCUT2D eigenvalue weighted by Gasteiger charge is -2.42. The van der Waals surface area contributed by atoms with E-state index in [0.29, 0.717) is 6.42 Å². The molecule has 0 aliphatic carbocycles. The van der Waals surface area contributed by atoms with Crippen molar-refractivity contribution < 1.29 is 24.2 Å². The Balaban J connectivity index is 3.09. The van der Waals surface area contributed by atoms with Crippen molar-refractivity contribution in [3.63, 3.8) is 0 Å². The zero-order valence-electron chi connectivity index (χ0n) is 16.7. The quantitative estimate of drug-likeness (QED) is 0.189. The molecule has 3 unspecified atom stereocenters. The van der Waals surface area contributed by atoms with Gasteiger partial charge in [-0.15, -0.1) is 0 Å². The van der Waals surface area contributed by atoms with E-state index in [2.05, 4.69) is 20.8 Å². The first-order valence-electron chi connectivity index (χ1n) is 9.63. The predicted molar refractivity (Wildman–Crippen MR) is 119 cm³/mol. The fourth-order valence-electron chi connectivity index (χ4n) is 3.22. The lowest BCUT2D eigenvalue weighted by molar-refractivity contribution is -0.141. The van der Waals surface area contributed by atoms with Crippen LogP contribution < -0.4 is 0 Å². The predicted octanol–water partition coefficient (Wildman–Crippen LogP) is 4.26. The molecule has 0 bridgehead atoms. The standard InChI is InChI=1S/C20H33IO5Si/c1-5-27(6-2,7-3)26-20(4,18(23)15-16(22)12-14-21)13-11-17-9-8-10-19(24)25-17/h8,10-14,16-18,22-23H,5-7,9,15H2,1-4H3/b13-11+,14-12+/t16?,17?,18?,20-/m1/s1. The van der Waals surface area contributed by atoms with E-state index in [4.69, 9.17) is 9.16 Å². The van der Waals surface area contributed by atoms with Crippen LogP contribution in [0.15, 0.2) is 34.5 Å². The van der Waals surface area contributed by atoms with Crippen molar-refractivity contribution in [3.05, 3.63) is 34.5 Å². The van der Waals surface area contributed by atoms with Gasteiger partial charge in [0.25, 0.3) is 0 Å². The van der Waals surface area contributed by atoms with Crippen LogP contribution in [0.4, 0.5) is 0 Å². The third kappa shape index (κ3) is 7.45. The molecule has 1 aliphatic heterocycles. The number of carbonyl (C=O) groups is 1. The zero-order chi connectivity index (χ0) is 20.5. The number of aliphatic hydroxyl groups excluding tert-OH is 2. The second-order valence-electron chi connectivity index (χ2n) is 7.14. The summed E-state index contributed by atoms with van der Waals surface area (Å²) in [5.41, 5.74) is -0.956. The molecule has 154 valence electrons. The molecule has 0 aromatic carbocycles. The van der Waals surface area contributed by atoms with Gasteiger partial charge >= 0.3 is 5.97 Å². The molecule has 0 amide bonds. The summed E-state index contributed by atoms with van der Waals surface area (Å²) in [7, 11) is -2.02. The number of esters is 1. The molecule has 0 fully saturated rings. The van der Waals surface area contributed by atoms with E-state index in [0.717, 1.165) is 18.1 Å². The summed E-state index contributed by atoms with van der Waals surface area (Å²) < 4.78 is 13.7. The normalized spacial score (nSPS) is 22.8. The monoisotopic (exact) mass is 508 g/mol. The number of cyclic esters (lactones) is 1. The molecule has 0 saturated carbocycles. The Hall–Kier alpha value is -0.483. The maximum Gasteiger partial charge on any atom is 0.331 e. The molecule has 27 heavy (non-hydrogen) atoms. The summed E-state index contributed by atoms with van der Waals surface area (Å²) in [4.78, 5) is 11.5. The van der Waals surface area contributed by atoms with E-state index in [1.165, 1.54) is 6.08 Å². The third-order valence-corrected chi connectivity index (χ3v) is 10.5. The van der Waals surface area contributed by atoms with Crippen molar-refractivity contribution >= 4 is 36.9 Å². The van der Waals surface area contributed by atoms with Crippen molar-refractivity contribution in [2.24, 2.45) is 0 Å². The van der Waals surface area contributed by atoms with Crippen LogP contribution in [0.1, 0.15) is 40.5 Å². The Bertz CT molecular complexity index is 550. The summed E-state index contributed by atoms with van der Waals surface area (Å²) >= 11 is 2.04. The molecule has 0 aromatic rings. The molecule has 2 N–H and O–H groups in total. The van der Waals surface area contributed by atoms with Gasteiger partial charge in [-0.2, -0.15) is 0 Å². The Morgan fingerprint density at radius 2 is 2.00 bits per heavy atom.